The first kappa shape index (κ1) is 14.1. The maximum Gasteiger partial charge on any atom is 0.258 e. The summed E-state index contributed by atoms with van der Waals surface area (Å²) in [6, 6.07) is 5.16. The number of halogens is 1. The van der Waals surface area contributed by atoms with E-state index in [1.54, 1.807) is 23.9 Å². The Labute approximate surface area is 132 Å². The standard InChI is InChI=1S/C12H11BrN6OS/c1-18-11(14)16-17-12(18)21-6-8-4-10(20)19-5-7(13)2-3-9(19)15-8/h2-5H,6H2,1H3,(H2,14,16). The highest BCUT2D eigenvalue weighted by molar-refractivity contribution is 9.10. The van der Waals surface area contributed by atoms with Crippen molar-refractivity contribution in [1.82, 2.24) is 24.1 Å². The van der Waals surface area contributed by atoms with Crippen LogP contribution < -0.4 is 11.3 Å². The highest BCUT2D eigenvalue weighted by Crippen LogP contribution is 2.20. The Hall–Kier alpha value is -1.87. The number of rotatable bonds is 3. The monoisotopic (exact) mass is 366 g/mol. The fourth-order valence-electron chi connectivity index (χ4n) is 1.79. The summed E-state index contributed by atoms with van der Waals surface area (Å²) in [7, 11) is 1.79. The molecule has 0 aliphatic rings. The molecule has 0 fully saturated rings. The quantitative estimate of drug-likeness (QED) is 0.705. The highest BCUT2D eigenvalue weighted by atomic mass is 79.9. The van der Waals surface area contributed by atoms with E-state index in [0.717, 1.165) is 4.47 Å². The number of hydrogen-bond acceptors (Lipinski definition) is 6. The summed E-state index contributed by atoms with van der Waals surface area (Å²) in [5.74, 6) is 0.877. The smallest absolute Gasteiger partial charge is 0.258 e. The largest absolute Gasteiger partial charge is 0.368 e. The zero-order chi connectivity index (χ0) is 15.0. The van der Waals surface area contributed by atoms with Crippen molar-refractivity contribution < 1.29 is 0 Å². The lowest BCUT2D eigenvalue weighted by atomic mass is 10.4. The lowest BCUT2D eigenvalue weighted by molar-refractivity contribution is 0.795. The molecule has 7 nitrogen and oxygen atoms in total. The second kappa shape index (κ2) is 5.49. The molecular formula is C12H11BrN6OS. The van der Waals surface area contributed by atoms with Gasteiger partial charge in [0.05, 0.1) is 5.69 Å². The van der Waals surface area contributed by atoms with Crippen LogP contribution in [0.2, 0.25) is 0 Å². The summed E-state index contributed by atoms with van der Waals surface area (Å²) in [6.07, 6.45) is 1.70. The predicted octanol–water partition coefficient (Wildman–Crippen LogP) is 1.46. The van der Waals surface area contributed by atoms with E-state index in [-0.39, 0.29) is 5.56 Å². The van der Waals surface area contributed by atoms with Crippen LogP contribution in [0.4, 0.5) is 5.95 Å². The van der Waals surface area contributed by atoms with E-state index in [1.165, 1.54) is 22.2 Å². The summed E-state index contributed by atoms with van der Waals surface area (Å²) in [5.41, 5.74) is 6.81. The molecule has 0 unspecified atom stereocenters. The van der Waals surface area contributed by atoms with Gasteiger partial charge in [0.1, 0.15) is 5.65 Å². The van der Waals surface area contributed by atoms with Crippen LogP contribution in [0.5, 0.6) is 0 Å². The van der Waals surface area contributed by atoms with Crippen molar-refractivity contribution >= 4 is 39.3 Å². The minimum atomic E-state index is -0.116. The summed E-state index contributed by atoms with van der Waals surface area (Å²) in [5, 5.41) is 8.43. The second-order valence-electron chi connectivity index (χ2n) is 4.35. The van der Waals surface area contributed by atoms with Gasteiger partial charge in [0.2, 0.25) is 5.95 Å². The first-order chi connectivity index (χ1) is 10.0. The lowest BCUT2D eigenvalue weighted by Crippen LogP contribution is -2.15. The van der Waals surface area contributed by atoms with Gasteiger partial charge >= 0.3 is 0 Å². The number of fused-ring (bicyclic) bond motifs is 1. The van der Waals surface area contributed by atoms with Gasteiger partial charge in [-0.05, 0) is 28.1 Å². The molecule has 2 N–H and O–H groups in total. The van der Waals surface area contributed by atoms with E-state index in [4.69, 9.17) is 5.73 Å². The van der Waals surface area contributed by atoms with E-state index < -0.39 is 0 Å². The van der Waals surface area contributed by atoms with Crippen molar-refractivity contribution in [3.05, 3.63) is 44.9 Å². The summed E-state index contributed by atoms with van der Waals surface area (Å²) in [4.78, 5) is 16.5. The molecule has 0 saturated carbocycles. The normalized spacial score (nSPS) is 11.1. The molecule has 0 aliphatic carbocycles. The Bertz CT molecular complexity index is 874. The van der Waals surface area contributed by atoms with Gasteiger partial charge < -0.3 is 5.73 Å². The van der Waals surface area contributed by atoms with Crippen LogP contribution in [0.15, 0.2) is 38.8 Å². The lowest BCUT2D eigenvalue weighted by Gasteiger charge is -2.04. The number of thioether (sulfide) groups is 1. The average Bonchev–Trinajstić information content (AvgIpc) is 2.77. The van der Waals surface area contributed by atoms with Gasteiger partial charge in [0.25, 0.3) is 5.56 Å². The molecule has 3 heterocycles. The van der Waals surface area contributed by atoms with Crippen LogP contribution in [0, 0.1) is 0 Å². The van der Waals surface area contributed by atoms with Gasteiger partial charge in [-0.25, -0.2) is 4.98 Å². The maximum atomic E-state index is 12.1. The third-order valence-electron chi connectivity index (χ3n) is 2.89. The summed E-state index contributed by atoms with van der Waals surface area (Å²) >= 11 is 4.77. The van der Waals surface area contributed by atoms with Gasteiger partial charge in [0.15, 0.2) is 5.16 Å². The van der Waals surface area contributed by atoms with Gasteiger partial charge in [-0.3, -0.25) is 13.8 Å². The minimum Gasteiger partial charge on any atom is -0.368 e. The van der Waals surface area contributed by atoms with Crippen LogP contribution >= 0.6 is 27.7 Å². The molecule has 0 spiro atoms. The zero-order valence-electron chi connectivity index (χ0n) is 11.0. The molecule has 0 radical (unpaired) electrons. The van der Waals surface area contributed by atoms with Crippen LogP contribution in [0.3, 0.4) is 0 Å². The number of nitrogens with zero attached hydrogens (tertiary/aromatic N) is 5. The molecule has 3 aromatic rings. The number of aromatic nitrogens is 5. The van der Waals surface area contributed by atoms with Crippen LogP contribution in [0.1, 0.15) is 5.69 Å². The second-order valence-corrected chi connectivity index (χ2v) is 6.21. The van der Waals surface area contributed by atoms with E-state index in [2.05, 4.69) is 31.1 Å². The summed E-state index contributed by atoms with van der Waals surface area (Å²) in [6.45, 7) is 0. The van der Waals surface area contributed by atoms with Crippen molar-refractivity contribution in [2.75, 3.05) is 5.73 Å². The highest BCUT2D eigenvalue weighted by Gasteiger charge is 2.08. The SMILES string of the molecule is Cn1c(N)nnc1SCc1cc(=O)n2cc(Br)ccc2n1. The van der Waals surface area contributed by atoms with Crippen molar-refractivity contribution in [3.63, 3.8) is 0 Å². The number of nitrogen functional groups attached to an aromatic ring is 1. The number of nitrogens with two attached hydrogens (primary N) is 1. The van der Waals surface area contributed by atoms with Crippen LogP contribution in [-0.4, -0.2) is 24.1 Å². The first-order valence-electron chi connectivity index (χ1n) is 6.00. The predicted molar refractivity (Wildman–Crippen MR) is 84.1 cm³/mol. The van der Waals surface area contributed by atoms with E-state index >= 15 is 0 Å². The van der Waals surface area contributed by atoms with Gasteiger partial charge in [-0.1, -0.05) is 11.8 Å². The molecule has 9 heteroatoms. The molecule has 0 aliphatic heterocycles. The fourth-order valence-corrected chi connectivity index (χ4v) is 2.94. The summed E-state index contributed by atoms with van der Waals surface area (Å²) < 4.78 is 4.02. The van der Waals surface area contributed by atoms with Crippen LogP contribution in [-0.2, 0) is 12.8 Å². The Kier molecular flexibility index (Phi) is 3.68. The van der Waals surface area contributed by atoms with E-state index in [1.807, 2.05) is 6.07 Å². The van der Waals surface area contributed by atoms with Gasteiger partial charge in [0, 0.05) is 29.5 Å². The van der Waals surface area contributed by atoms with Crippen LogP contribution in [0.25, 0.3) is 5.65 Å². The molecule has 0 saturated heterocycles. The van der Waals surface area contributed by atoms with Crippen molar-refractivity contribution in [2.24, 2.45) is 7.05 Å². The van der Waals surface area contributed by atoms with Crippen molar-refractivity contribution in [2.45, 2.75) is 10.9 Å². The Morgan fingerprint density at radius 2 is 2.19 bits per heavy atom. The fraction of sp³-hybridized carbons (Fsp3) is 0.167. The minimum absolute atomic E-state index is 0.116. The van der Waals surface area contributed by atoms with Crippen molar-refractivity contribution in [1.29, 1.82) is 0 Å². The van der Waals surface area contributed by atoms with Gasteiger partial charge in [-0.2, -0.15) is 0 Å². The number of pyridine rings is 1. The molecule has 0 aromatic carbocycles. The van der Waals surface area contributed by atoms with E-state index in [9.17, 15) is 4.79 Å². The zero-order valence-corrected chi connectivity index (χ0v) is 13.4. The maximum absolute atomic E-state index is 12.1. The first-order valence-corrected chi connectivity index (χ1v) is 7.78. The average molecular weight is 367 g/mol. The van der Waals surface area contributed by atoms with E-state index in [0.29, 0.717) is 28.2 Å². The number of anilines is 1. The third kappa shape index (κ3) is 2.79. The molecule has 3 rings (SSSR count). The molecule has 3 aromatic heterocycles. The molecule has 0 bridgehead atoms. The third-order valence-corrected chi connectivity index (χ3v) is 4.42. The number of hydrogen-bond donors (Lipinski definition) is 1. The topological polar surface area (TPSA) is 91.1 Å². The molecule has 108 valence electrons. The molecule has 21 heavy (non-hydrogen) atoms. The molecule has 0 atom stereocenters. The Morgan fingerprint density at radius 1 is 1.38 bits per heavy atom. The molecular weight excluding hydrogens is 356 g/mol. The Morgan fingerprint density at radius 3 is 2.90 bits per heavy atom. The van der Waals surface area contributed by atoms with Crippen molar-refractivity contribution in [3.8, 4) is 0 Å². The van der Waals surface area contributed by atoms with Gasteiger partial charge in [-0.15, -0.1) is 10.2 Å². The Balaban J connectivity index is 1.89. The molecule has 0 amide bonds.